The second-order valence-corrected chi connectivity index (χ2v) is 5.04. The Morgan fingerprint density at radius 3 is 3.05 bits per heavy atom. The monoisotopic (exact) mass is 261 g/mol. The molecule has 1 aliphatic heterocycles. The van der Waals surface area contributed by atoms with Crippen molar-refractivity contribution >= 4 is 0 Å². The van der Waals surface area contributed by atoms with E-state index in [1.807, 2.05) is 32.7 Å². The molecule has 1 unspecified atom stereocenters. The first-order chi connectivity index (χ1) is 9.22. The minimum absolute atomic E-state index is 0.0377. The molecule has 1 fully saturated rings. The minimum Gasteiger partial charge on any atom is -0.368 e. The molecule has 0 aliphatic carbocycles. The summed E-state index contributed by atoms with van der Waals surface area (Å²) in [5.41, 5.74) is 2.29. The number of aromatic nitrogens is 4. The third-order valence-corrected chi connectivity index (χ3v) is 3.48. The molecule has 6 nitrogen and oxygen atoms in total. The summed E-state index contributed by atoms with van der Waals surface area (Å²) in [5, 5.41) is 0. The molecule has 1 aliphatic rings. The van der Waals surface area contributed by atoms with E-state index in [1.165, 1.54) is 5.69 Å². The lowest BCUT2D eigenvalue weighted by atomic mass is 10.2. The lowest BCUT2D eigenvalue weighted by Gasteiger charge is -2.31. The van der Waals surface area contributed by atoms with E-state index < -0.39 is 0 Å². The van der Waals surface area contributed by atoms with Crippen LogP contribution in [0.4, 0.5) is 0 Å². The Balaban J connectivity index is 1.66. The fourth-order valence-electron chi connectivity index (χ4n) is 2.37. The summed E-state index contributed by atoms with van der Waals surface area (Å²) in [6.07, 6.45) is 5.64. The van der Waals surface area contributed by atoms with Crippen LogP contribution >= 0.6 is 0 Å². The van der Waals surface area contributed by atoms with Crippen LogP contribution in [0.5, 0.6) is 0 Å². The SMILES string of the molecule is Cc1cnc(C2CN(Cc3cncn3C)CCO2)[nH]1. The van der Waals surface area contributed by atoms with Crippen molar-refractivity contribution in [2.75, 3.05) is 19.7 Å². The van der Waals surface area contributed by atoms with Gasteiger partial charge in [-0.05, 0) is 6.92 Å². The lowest BCUT2D eigenvalue weighted by Crippen LogP contribution is -2.38. The van der Waals surface area contributed by atoms with Crippen molar-refractivity contribution in [1.29, 1.82) is 0 Å². The first-order valence-electron chi connectivity index (χ1n) is 6.53. The van der Waals surface area contributed by atoms with E-state index in [2.05, 4.69) is 24.4 Å². The summed E-state index contributed by atoms with van der Waals surface area (Å²) >= 11 is 0. The van der Waals surface area contributed by atoms with Crippen molar-refractivity contribution < 1.29 is 4.74 Å². The van der Waals surface area contributed by atoms with Gasteiger partial charge in [-0.2, -0.15) is 0 Å². The summed E-state index contributed by atoms with van der Waals surface area (Å²) in [6.45, 7) is 5.45. The van der Waals surface area contributed by atoms with Gasteiger partial charge in [0.25, 0.3) is 0 Å². The normalized spacial score (nSPS) is 20.8. The molecular weight excluding hydrogens is 242 g/mol. The van der Waals surface area contributed by atoms with E-state index in [1.54, 1.807) is 0 Å². The van der Waals surface area contributed by atoms with Crippen molar-refractivity contribution in [3.8, 4) is 0 Å². The second kappa shape index (κ2) is 5.14. The van der Waals surface area contributed by atoms with Gasteiger partial charge in [0.2, 0.25) is 0 Å². The number of aryl methyl sites for hydroxylation is 2. The smallest absolute Gasteiger partial charge is 0.136 e. The highest BCUT2D eigenvalue weighted by molar-refractivity contribution is 5.03. The number of rotatable bonds is 3. The van der Waals surface area contributed by atoms with Crippen molar-refractivity contribution in [2.45, 2.75) is 19.6 Å². The van der Waals surface area contributed by atoms with Crippen LogP contribution in [0.3, 0.4) is 0 Å². The highest BCUT2D eigenvalue weighted by atomic mass is 16.5. The zero-order valence-electron chi connectivity index (χ0n) is 11.3. The first-order valence-corrected chi connectivity index (χ1v) is 6.53. The van der Waals surface area contributed by atoms with Crippen molar-refractivity contribution in [3.05, 3.63) is 35.9 Å². The summed E-state index contributed by atoms with van der Waals surface area (Å²) in [7, 11) is 2.02. The van der Waals surface area contributed by atoms with Crippen molar-refractivity contribution in [1.82, 2.24) is 24.4 Å². The summed E-state index contributed by atoms with van der Waals surface area (Å²) in [5.74, 6) is 0.923. The maximum atomic E-state index is 5.80. The summed E-state index contributed by atoms with van der Waals surface area (Å²) in [4.78, 5) is 14.2. The quantitative estimate of drug-likeness (QED) is 0.896. The third-order valence-electron chi connectivity index (χ3n) is 3.48. The zero-order chi connectivity index (χ0) is 13.2. The Morgan fingerprint density at radius 2 is 2.37 bits per heavy atom. The van der Waals surface area contributed by atoms with E-state index in [0.717, 1.165) is 37.8 Å². The largest absolute Gasteiger partial charge is 0.368 e. The Kier molecular flexibility index (Phi) is 3.35. The average molecular weight is 261 g/mol. The number of hydrogen-bond acceptors (Lipinski definition) is 4. The standard InChI is InChI=1S/C13H19N5O/c1-10-5-15-13(16-10)12-8-18(3-4-19-12)7-11-6-14-9-17(11)2/h5-6,9,12H,3-4,7-8H2,1-2H3,(H,15,16). The molecule has 0 saturated carbocycles. The van der Waals surface area contributed by atoms with Gasteiger partial charge in [-0.15, -0.1) is 0 Å². The summed E-state index contributed by atoms with van der Waals surface area (Å²) < 4.78 is 7.86. The lowest BCUT2D eigenvalue weighted by molar-refractivity contribution is -0.0374. The number of ether oxygens (including phenoxy) is 1. The minimum atomic E-state index is 0.0377. The van der Waals surface area contributed by atoms with Gasteiger partial charge in [0.15, 0.2) is 0 Å². The molecule has 0 radical (unpaired) electrons. The van der Waals surface area contributed by atoms with Crippen LogP contribution in [-0.2, 0) is 18.3 Å². The van der Waals surface area contributed by atoms with Gasteiger partial charge < -0.3 is 14.3 Å². The van der Waals surface area contributed by atoms with Crippen LogP contribution in [0.2, 0.25) is 0 Å². The molecule has 2 aromatic heterocycles. The predicted octanol–water partition coefficient (Wildman–Crippen LogP) is 1.03. The molecule has 0 amide bonds. The molecule has 19 heavy (non-hydrogen) atoms. The highest BCUT2D eigenvalue weighted by Gasteiger charge is 2.24. The van der Waals surface area contributed by atoms with Gasteiger partial charge in [-0.25, -0.2) is 9.97 Å². The molecule has 0 aromatic carbocycles. The molecule has 1 atom stereocenters. The zero-order valence-corrected chi connectivity index (χ0v) is 11.3. The van der Waals surface area contributed by atoms with E-state index in [0.29, 0.717) is 0 Å². The number of nitrogens with zero attached hydrogens (tertiary/aromatic N) is 4. The molecule has 2 aromatic rings. The molecule has 102 valence electrons. The molecular formula is C13H19N5O. The number of H-pyrrole nitrogens is 1. The Labute approximate surface area is 112 Å². The Hall–Kier alpha value is -1.66. The van der Waals surface area contributed by atoms with Crippen molar-refractivity contribution in [3.63, 3.8) is 0 Å². The molecule has 1 N–H and O–H groups in total. The van der Waals surface area contributed by atoms with Crippen LogP contribution in [0.25, 0.3) is 0 Å². The maximum Gasteiger partial charge on any atom is 0.136 e. The molecule has 3 heterocycles. The fourth-order valence-corrected chi connectivity index (χ4v) is 2.37. The number of aromatic amines is 1. The Bertz CT molecular complexity index is 547. The molecule has 6 heteroatoms. The van der Waals surface area contributed by atoms with Gasteiger partial charge in [0.1, 0.15) is 11.9 Å². The number of morpholine rings is 1. The Morgan fingerprint density at radius 1 is 1.47 bits per heavy atom. The van der Waals surface area contributed by atoms with Gasteiger partial charge >= 0.3 is 0 Å². The van der Waals surface area contributed by atoms with Gasteiger partial charge in [0.05, 0.1) is 18.6 Å². The first kappa shape index (κ1) is 12.4. The van der Waals surface area contributed by atoms with Gasteiger partial charge in [0, 0.05) is 44.8 Å². The van der Waals surface area contributed by atoms with Crippen LogP contribution in [-0.4, -0.2) is 44.1 Å². The molecule has 3 rings (SSSR count). The van der Waals surface area contributed by atoms with Gasteiger partial charge in [-0.3, -0.25) is 4.90 Å². The van der Waals surface area contributed by atoms with Crippen LogP contribution in [0.15, 0.2) is 18.7 Å². The maximum absolute atomic E-state index is 5.80. The third kappa shape index (κ3) is 2.69. The summed E-state index contributed by atoms with van der Waals surface area (Å²) in [6, 6.07) is 0. The van der Waals surface area contributed by atoms with Crippen LogP contribution in [0, 0.1) is 6.92 Å². The van der Waals surface area contributed by atoms with E-state index >= 15 is 0 Å². The average Bonchev–Trinajstić information content (AvgIpc) is 3.00. The molecule has 1 saturated heterocycles. The topological polar surface area (TPSA) is 59.0 Å². The molecule has 0 spiro atoms. The molecule has 0 bridgehead atoms. The van der Waals surface area contributed by atoms with Gasteiger partial charge in [-0.1, -0.05) is 0 Å². The number of imidazole rings is 2. The van der Waals surface area contributed by atoms with Crippen LogP contribution < -0.4 is 0 Å². The van der Waals surface area contributed by atoms with E-state index in [-0.39, 0.29) is 6.10 Å². The van der Waals surface area contributed by atoms with Crippen molar-refractivity contribution in [2.24, 2.45) is 7.05 Å². The predicted molar refractivity (Wildman–Crippen MR) is 70.5 cm³/mol. The fraction of sp³-hybridized carbons (Fsp3) is 0.538. The highest BCUT2D eigenvalue weighted by Crippen LogP contribution is 2.20. The second-order valence-electron chi connectivity index (χ2n) is 5.04. The van der Waals surface area contributed by atoms with E-state index in [9.17, 15) is 0 Å². The number of hydrogen-bond donors (Lipinski definition) is 1. The number of nitrogens with one attached hydrogen (secondary N) is 1. The van der Waals surface area contributed by atoms with Crippen LogP contribution in [0.1, 0.15) is 23.3 Å². The van der Waals surface area contributed by atoms with E-state index in [4.69, 9.17) is 4.74 Å².